The fraction of sp³-hybridized carbons (Fsp3) is 0.526. The highest BCUT2D eigenvalue weighted by Gasteiger charge is 2.21. The average Bonchev–Trinajstić information content (AvgIpc) is 2.60. The van der Waals surface area contributed by atoms with Crippen LogP contribution in [0, 0.1) is 0 Å². The number of Topliss-reactive ketones (excluding diaryl/α,β-unsaturated/α-hetero) is 1. The van der Waals surface area contributed by atoms with Gasteiger partial charge < -0.3 is 9.64 Å². The summed E-state index contributed by atoms with van der Waals surface area (Å²) in [5, 5.41) is 0.564. The maximum atomic E-state index is 12.5. The quantitative estimate of drug-likeness (QED) is 0.465. The topological polar surface area (TPSA) is 63.7 Å². The van der Waals surface area contributed by atoms with Gasteiger partial charge in [-0.1, -0.05) is 18.5 Å². The second kappa shape index (κ2) is 10.9. The summed E-state index contributed by atoms with van der Waals surface area (Å²) >= 11 is 5.81. The van der Waals surface area contributed by atoms with E-state index >= 15 is 0 Å². The molecule has 1 amide bonds. The third kappa shape index (κ3) is 7.26. The van der Waals surface area contributed by atoms with E-state index < -0.39 is 0 Å². The van der Waals surface area contributed by atoms with Crippen LogP contribution in [0.3, 0.4) is 0 Å². The van der Waals surface area contributed by atoms with Crippen LogP contribution in [-0.2, 0) is 14.3 Å². The molecule has 0 bridgehead atoms. The highest BCUT2D eigenvalue weighted by atomic mass is 35.5. The zero-order valence-electron chi connectivity index (χ0n) is 15.1. The molecule has 1 atom stereocenters. The number of benzene rings is 1. The first kappa shape index (κ1) is 21.2. The molecule has 5 nitrogen and oxygen atoms in total. The fourth-order valence-electron chi connectivity index (χ4n) is 2.40. The molecule has 138 valence electrons. The summed E-state index contributed by atoms with van der Waals surface area (Å²) in [6.45, 7) is 6.30. The molecule has 0 aliphatic heterocycles. The Morgan fingerprint density at radius 3 is 2.28 bits per heavy atom. The van der Waals surface area contributed by atoms with E-state index in [1.807, 2.05) is 13.8 Å². The van der Waals surface area contributed by atoms with E-state index in [9.17, 15) is 14.4 Å². The van der Waals surface area contributed by atoms with Crippen molar-refractivity contribution in [2.45, 2.75) is 52.5 Å². The first-order valence-electron chi connectivity index (χ1n) is 8.62. The molecule has 0 saturated carbocycles. The SMILES string of the molecule is CCOC(=O)CCN(C(=O)CCC(=O)c1ccc(Cl)cc1)C(C)CC. The first-order chi connectivity index (χ1) is 11.9. The van der Waals surface area contributed by atoms with Crippen molar-refractivity contribution in [1.29, 1.82) is 0 Å². The van der Waals surface area contributed by atoms with Crippen LogP contribution >= 0.6 is 11.6 Å². The van der Waals surface area contributed by atoms with E-state index in [1.54, 1.807) is 36.1 Å². The highest BCUT2D eigenvalue weighted by Crippen LogP contribution is 2.14. The van der Waals surface area contributed by atoms with Crippen molar-refractivity contribution in [3.8, 4) is 0 Å². The molecule has 0 N–H and O–H groups in total. The Morgan fingerprint density at radius 1 is 1.08 bits per heavy atom. The van der Waals surface area contributed by atoms with Gasteiger partial charge in [0.1, 0.15) is 0 Å². The first-order valence-corrected chi connectivity index (χ1v) is 9.00. The summed E-state index contributed by atoms with van der Waals surface area (Å²) in [7, 11) is 0. The van der Waals surface area contributed by atoms with Crippen LogP contribution in [-0.4, -0.2) is 41.8 Å². The van der Waals surface area contributed by atoms with Gasteiger partial charge in [-0.2, -0.15) is 0 Å². The van der Waals surface area contributed by atoms with Crippen LogP contribution < -0.4 is 0 Å². The number of ether oxygens (including phenoxy) is 1. The number of hydrogen-bond acceptors (Lipinski definition) is 4. The van der Waals surface area contributed by atoms with Crippen molar-refractivity contribution >= 4 is 29.3 Å². The van der Waals surface area contributed by atoms with Gasteiger partial charge >= 0.3 is 5.97 Å². The summed E-state index contributed by atoms with van der Waals surface area (Å²) in [5.41, 5.74) is 0.541. The van der Waals surface area contributed by atoms with Crippen molar-refractivity contribution < 1.29 is 19.1 Å². The van der Waals surface area contributed by atoms with Crippen LogP contribution in [0.4, 0.5) is 0 Å². The second-order valence-corrected chi connectivity index (χ2v) is 6.27. The van der Waals surface area contributed by atoms with Crippen molar-refractivity contribution in [1.82, 2.24) is 4.90 Å². The van der Waals surface area contributed by atoms with Gasteiger partial charge in [0.2, 0.25) is 5.91 Å². The fourth-order valence-corrected chi connectivity index (χ4v) is 2.53. The Morgan fingerprint density at radius 2 is 1.72 bits per heavy atom. The molecule has 0 saturated heterocycles. The van der Waals surface area contributed by atoms with Crippen LogP contribution in [0.5, 0.6) is 0 Å². The molecule has 1 unspecified atom stereocenters. The second-order valence-electron chi connectivity index (χ2n) is 5.83. The summed E-state index contributed by atoms with van der Waals surface area (Å²) in [6, 6.07) is 6.63. The summed E-state index contributed by atoms with van der Waals surface area (Å²) in [4.78, 5) is 37.9. The number of esters is 1. The van der Waals surface area contributed by atoms with E-state index in [4.69, 9.17) is 16.3 Å². The monoisotopic (exact) mass is 367 g/mol. The molecule has 25 heavy (non-hydrogen) atoms. The van der Waals surface area contributed by atoms with Gasteiger partial charge in [0.15, 0.2) is 5.78 Å². The van der Waals surface area contributed by atoms with E-state index in [1.165, 1.54) is 0 Å². The largest absolute Gasteiger partial charge is 0.466 e. The molecular formula is C19H26ClNO4. The number of ketones is 1. The Labute approximate surface area is 154 Å². The number of nitrogens with zero attached hydrogens (tertiary/aromatic N) is 1. The third-order valence-corrected chi connectivity index (χ3v) is 4.29. The number of carbonyl (C=O) groups excluding carboxylic acids is 3. The summed E-state index contributed by atoms with van der Waals surface area (Å²) in [5.74, 6) is -0.540. The van der Waals surface area contributed by atoms with Crippen LogP contribution in [0.2, 0.25) is 5.02 Å². The summed E-state index contributed by atoms with van der Waals surface area (Å²) in [6.07, 6.45) is 1.19. The Kier molecular flexibility index (Phi) is 9.21. The minimum Gasteiger partial charge on any atom is -0.466 e. The van der Waals surface area contributed by atoms with Gasteiger partial charge in [-0.3, -0.25) is 14.4 Å². The molecule has 6 heteroatoms. The van der Waals surface area contributed by atoms with Crippen molar-refractivity contribution in [3.05, 3.63) is 34.9 Å². The molecule has 0 aromatic heterocycles. The minimum atomic E-state index is -0.319. The van der Waals surface area contributed by atoms with Gasteiger partial charge in [-0.05, 0) is 44.5 Å². The highest BCUT2D eigenvalue weighted by molar-refractivity contribution is 6.30. The van der Waals surface area contributed by atoms with E-state index in [0.29, 0.717) is 23.7 Å². The van der Waals surface area contributed by atoms with Gasteiger partial charge in [-0.25, -0.2) is 0 Å². The van der Waals surface area contributed by atoms with Gasteiger partial charge in [0.05, 0.1) is 13.0 Å². The Balaban J connectivity index is 2.60. The third-order valence-electron chi connectivity index (χ3n) is 4.04. The molecule has 0 aliphatic carbocycles. The number of amides is 1. The lowest BCUT2D eigenvalue weighted by molar-refractivity contribution is -0.144. The molecular weight excluding hydrogens is 342 g/mol. The van der Waals surface area contributed by atoms with E-state index in [-0.39, 0.29) is 43.0 Å². The summed E-state index contributed by atoms with van der Waals surface area (Å²) < 4.78 is 4.91. The zero-order chi connectivity index (χ0) is 18.8. The lowest BCUT2D eigenvalue weighted by Gasteiger charge is -2.28. The lowest BCUT2D eigenvalue weighted by Crippen LogP contribution is -2.40. The van der Waals surface area contributed by atoms with Crippen LogP contribution in [0.1, 0.15) is 56.8 Å². The van der Waals surface area contributed by atoms with Crippen LogP contribution in [0.25, 0.3) is 0 Å². The predicted molar refractivity (Wildman–Crippen MR) is 97.7 cm³/mol. The number of rotatable bonds is 10. The molecule has 0 fully saturated rings. The molecule has 0 radical (unpaired) electrons. The van der Waals surface area contributed by atoms with Crippen molar-refractivity contribution in [2.75, 3.05) is 13.2 Å². The normalized spacial score (nSPS) is 11.7. The smallest absolute Gasteiger partial charge is 0.307 e. The molecule has 1 aromatic carbocycles. The van der Waals surface area contributed by atoms with Gasteiger partial charge in [0.25, 0.3) is 0 Å². The number of carbonyl (C=O) groups is 3. The standard InChI is InChI=1S/C19H26ClNO4/c1-4-14(3)21(13-12-19(24)25-5-2)18(23)11-10-17(22)15-6-8-16(20)9-7-15/h6-9,14H,4-5,10-13H2,1-3H3. The maximum Gasteiger partial charge on any atom is 0.307 e. The number of hydrogen-bond donors (Lipinski definition) is 0. The molecule has 1 aromatic rings. The van der Waals surface area contributed by atoms with Crippen molar-refractivity contribution in [3.63, 3.8) is 0 Å². The zero-order valence-corrected chi connectivity index (χ0v) is 15.8. The van der Waals surface area contributed by atoms with E-state index in [2.05, 4.69) is 0 Å². The minimum absolute atomic E-state index is 0.00700. The van der Waals surface area contributed by atoms with Gasteiger partial charge in [-0.15, -0.1) is 0 Å². The van der Waals surface area contributed by atoms with Crippen molar-refractivity contribution in [2.24, 2.45) is 0 Å². The average molecular weight is 368 g/mol. The molecule has 0 aliphatic rings. The van der Waals surface area contributed by atoms with Crippen LogP contribution in [0.15, 0.2) is 24.3 Å². The predicted octanol–water partition coefficient (Wildman–Crippen LogP) is 3.88. The molecule has 1 rings (SSSR count). The van der Waals surface area contributed by atoms with E-state index in [0.717, 1.165) is 6.42 Å². The Hall–Kier alpha value is -1.88. The lowest BCUT2D eigenvalue weighted by atomic mass is 10.1. The maximum absolute atomic E-state index is 12.5. The number of halogens is 1. The molecule has 0 heterocycles. The molecule has 0 spiro atoms. The Bertz CT molecular complexity index is 586. The van der Waals surface area contributed by atoms with Gasteiger partial charge in [0, 0.05) is 36.0 Å².